The fourth-order valence-corrected chi connectivity index (χ4v) is 2.40. The number of nitrogens with zero attached hydrogens (tertiary/aromatic N) is 3. The molecule has 0 spiro atoms. The summed E-state index contributed by atoms with van der Waals surface area (Å²) in [7, 11) is 0. The minimum Gasteiger partial charge on any atom is -0.370 e. The second kappa shape index (κ2) is 7.24. The van der Waals surface area contributed by atoms with Crippen LogP contribution in [0.5, 0.6) is 0 Å². The van der Waals surface area contributed by atoms with Gasteiger partial charge in [0.15, 0.2) is 0 Å². The zero-order valence-corrected chi connectivity index (χ0v) is 13.1. The van der Waals surface area contributed by atoms with E-state index in [1.165, 1.54) is 0 Å². The Morgan fingerprint density at radius 3 is 2.90 bits per heavy atom. The molecule has 1 aromatic heterocycles. The van der Waals surface area contributed by atoms with Crippen LogP contribution >= 0.6 is 0 Å². The van der Waals surface area contributed by atoms with Gasteiger partial charge in [-0.3, -0.25) is 4.79 Å². The van der Waals surface area contributed by atoms with Crippen molar-refractivity contribution in [2.45, 2.75) is 46.1 Å². The first kappa shape index (κ1) is 15.5. The van der Waals surface area contributed by atoms with E-state index in [-0.39, 0.29) is 11.9 Å². The van der Waals surface area contributed by atoms with E-state index < -0.39 is 0 Å². The highest BCUT2D eigenvalue weighted by atomic mass is 16.2. The molecule has 1 saturated heterocycles. The molecule has 0 saturated carbocycles. The molecule has 6 heteroatoms. The summed E-state index contributed by atoms with van der Waals surface area (Å²) in [4.78, 5) is 23.1. The third-order valence-corrected chi connectivity index (χ3v) is 3.58. The summed E-state index contributed by atoms with van der Waals surface area (Å²) in [5, 5.41) is 6.20. The predicted octanol–water partition coefficient (Wildman–Crippen LogP) is 1.58. The van der Waals surface area contributed by atoms with Gasteiger partial charge in [-0.1, -0.05) is 13.8 Å². The van der Waals surface area contributed by atoms with Gasteiger partial charge in [0.1, 0.15) is 23.5 Å². The van der Waals surface area contributed by atoms with Crippen molar-refractivity contribution in [2.75, 3.05) is 29.9 Å². The van der Waals surface area contributed by atoms with Crippen molar-refractivity contribution in [1.82, 2.24) is 15.3 Å². The van der Waals surface area contributed by atoms with Crippen molar-refractivity contribution in [3.05, 3.63) is 11.9 Å². The van der Waals surface area contributed by atoms with Gasteiger partial charge in [-0.05, 0) is 19.8 Å². The molecule has 2 heterocycles. The quantitative estimate of drug-likeness (QED) is 0.832. The van der Waals surface area contributed by atoms with Gasteiger partial charge in [-0.2, -0.15) is 0 Å². The van der Waals surface area contributed by atoms with Crippen molar-refractivity contribution in [3.8, 4) is 0 Å². The molecule has 1 amide bonds. The van der Waals surface area contributed by atoms with E-state index in [4.69, 9.17) is 0 Å². The van der Waals surface area contributed by atoms with Gasteiger partial charge in [0, 0.05) is 32.1 Å². The number of hydrogen-bond donors (Lipinski definition) is 2. The van der Waals surface area contributed by atoms with Crippen LogP contribution in [-0.2, 0) is 11.2 Å². The van der Waals surface area contributed by atoms with Gasteiger partial charge in [0.2, 0.25) is 5.91 Å². The molecule has 1 atom stereocenters. The van der Waals surface area contributed by atoms with Gasteiger partial charge >= 0.3 is 0 Å². The summed E-state index contributed by atoms with van der Waals surface area (Å²) in [5.41, 5.74) is 0. The summed E-state index contributed by atoms with van der Waals surface area (Å²) in [6.45, 7) is 8.48. The van der Waals surface area contributed by atoms with Gasteiger partial charge in [-0.15, -0.1) is 0 Å². The average Bonchev–Trinajstić information content (AvgIpc) is 2.48. The molecule has 1 unspecified atom stereocenters. The summed E-state index contributed by atoms with van der Waals surface area (Å²) < 4.78 is 0. The second-order valence-electron chi connectivity index (χ2n) is 5.36. The lowest BCUT2D eigenvalue weighted by molar-refractivity contribution is -0.122. The van der Waals surface area contributed by atoms with Crippen molar-refractivity contribution in [3.63, 3.8) is 0 Å². The van der Waals surface area contributed by atoms with Crippen molar-refractivity contribution < 1.29 is 4.79 Å². The molecule has 1 aliphatic rings. The first-order valence-corrected chi connectivity index (χ1v) is 7.81. The molecule has 0 aromatic carbocycles. The van der Waals surface area contributed by atoms with E-state index in [0.717, 1.165) is 49.8 Å². The Morgan fingerprint density at radius 1 is 1.38 bits per heavy atom. The van der Waals surface area contributed by atoms with Crippen LogP contribution in [0, 0.1) is 0 Å². The zero-order chi connectivity index (χ0) is 15.2. The van der Waals surface area contributed by atoms with Crippen LogP contribution in [0.3, 0.4) is 0 Å². The third-order valence-electron chi connectivity index (χ3n) is 3.58. The standard InChI is InChI=1S/C15H25N5O/c1-4-6-12-18-13(16-7-5-2)10-14(19-12)20-9-8-17-15(21)11(20)3/h10-11H,4-9H2,1-3H3,(H,17,21)(H,16,18,19). The Labute approximate surface area is 126 Å². The smallest absolute Gasteiger partial charge is 0.242 e. The number of anilines is 2. The van der Waals surface area contributed by atoms with Crippen LogP contribution < -0.4 is 15.5 Å². The largest absolute Gasteiger partial charge is 0.370 e. The molecule has 1 aliphatic heterocycles. The molecular formula is C15H25N5O. The summed E-state index contributed by atoms with van der Waals surface area (Å²) in [6.07, 6.45) is 2.90. The first-order valence-electron chi connectivity index (χ1n) is 7.81. The molecule has 116 valence electrons. The van der Waals surface area contributed by atoms with Crippen molar-refractivity contribution >= 4 is 17.5 Å². The third kappa shape index (κ3) is 3.83. The van der Waals surface area contributed by atoms with E-state index in [2.05, 4.69) is 39.3 Å². The normalized spacial score (nSPS) is 18.5. The van der Waals surface area contributed by atoms with Gasteiger partial charge in [0.25, 0.3) is 0 Å². The maximum Gasteiger partial charge on any atom is 0.242 e. The Bertz CT molecular complexity index is 491. The van der Waals surface area contributed by atoms with Crippen molar-refractivity contribution in [2.24, 2.45) is 0 Å². The molecule has 2 rings (SSSR count). The number of amides is 1. The molecule has 21 heavy (non-hydrogen) atoms. The van der Waals surface area contributed by atoms with Crippen LogP contribution in [0.15, 0.2) is 6.07 Å². The Hall–Kier alpha value is -1.85. The predicted molar refractivity (Wildman–Crippen MR) is 84.6 cm³/mol. The molecule has 2 N–H and O–H groups in total. The molecule has 6 nitrogen and oxygen atoms in total. The molecular weight excluding hydrogens is 266 g/mol. The van der Waals surface area contributed by atoms with Gasteiger partial charge in [0.05, 0.1) is 0 Å². The number of carbonyl (C=O) groups is 1. The molecule has 0 radical (unpaired) electrons. The van der Waals surface area contributed by atoms with E-state index in [1.807, 2.05) is 13.0 Å². The lowest BCUT2D eigenvalue weighted by atomic mass is 10.2. The van der Waals surface area contributed by atoms with Crippen molar-refractivity contribution in [1.29, 1.82) is 0 Å². The van der Waals surface area contributed by atoms with E-state index in [0.29, 0.717) is 6.54 Å². The lowest BCUT2D eigenvalue weighted by Gasteiger charge is -2.34. The highest BCUT2D eigenvalue weighted by Crippen LogP contribution is 2.20. The SMILES string of the molecule is CCCNc1cc(N2CCNC(=O)C2C)nc(CCC)n1. The van der Waals surface area contributed by atoms with Gasteiger partial charge in [-0.25, -0.2) is 9.97 Å². The number of carbonyl (C=O) groups excluding carboxylic acids is 1. The number of aryl methyl sites for hydroxylation is 1. The van der Waals surface area contributed by atoms with Gasteiger partial charge < -0.3 is 15.5 Å². The minimum atomic E-state index is -0.192. The number of aromatic nitrogens is 2. The Balaban J connectivity index is 2.27. The lowest BCUT2D eigenvalue weighted by Crippen LogP contribution is -2.54. The van der Waals surface area contributed by atoms with Crippen LogP contribution in [0.1, 0.15) is 39.4 Å². The number of piperazine rings is 1. The monoisotopic (exact) mass is 291 g/mol. The number of rotatable bonds is 6. The van der Waals surface area contributed by atoms with Crippen LogP contribution in [0.25, 0.3) is 0 Å². The molecule has 0 aliphatic carbocycles. The maximum atomic E-state index is 11.8. The number of hydrogen-bond acceptors (Lipinski definition) is 5. The highest BCUT2D eigenvalue weighted by Gasteiger charge is 2.27. The van der Waals surface area contributed by atoms with E-state index >= 15 is 0 Å². The minimum absolute atomic E-state index is 0.0555. The fraction of sp³-hybridized carbons (Fsp3) is 0.667. The number of nitrogens with one attached hydrogen (secondary N) is 2. The zero-order valence-electron chi connectivity index (χ0n) is 13.1. The van der Waals surface area contributed by atoms with Crippen LogP contribution in [-0.4, -0.2) is 41.6 Å². The maximum absolute atomic E-state index is 11.8. The molecule has 1 aromatic rings. The highest BCUT2D eigenvalue weighted by molar-refractivity contribution is 5.85. The second-order valence-corrected chi connectivity index (χ2v) is 5.36. The van der Waals surface area contributed by atoms with Crippen LogP contribution in [0.4, 0.5) is 11.6 Å². The Kier molecular flexibility index (Phi) is 5.36. The molecule has 0 bridgehead atoms. The summed E-state index contributed by atoms with van der Waals surface area (Å²) >= 11 is 0. The first-order chi connectivity index (χ1) is 10.2. The molecule has 1 fully saturated rings. The summed E-state index contributed by atoms with van der Waals surface area (Å²) in [5.74, 6) is 2.59. The topological polar surface area (TPSA) is 70.2 Å². The Morgan fingerprint density at radius 2 is 2.19 bits per heavy atom. The average molecular weight is 291 g/mol. The van der Waals surface area contributed by atoms with E-state index in [9.17, 15) is 4.79 Å². The summed E-state index contributed by atoms with van der Waals surface area (Å²) in [6, 6.07) is 1.76. The van der Waals surface area contributed by atoms with E-state index in [1.54, 1.807) is 0 Å². The fourth-order valence-electron chi connectivity index (χ4n) is 2.40. The van der Waals surface area contributed by atoms with Crippen LogP contribution in [0.2, 0.25) is 0 Å².